The maximum Gasteiger partial charge on any atom is 0.307 e. The van der Waals surface area contributed by atoms with Crippen LogP contribution in [-0.2, 0) is 9.59 Å². The first-order chi connectivity index (χ1) is 11.7. The average Bonchev–Trinajstić information content (AvgIpc) is 2.92. The lowest BCUT2D eigenvalue weighted by atomic mass is 9.99. The summed E-state index contributed by atoms with van der Waals surface area (Å²) >= 11 is 0. The second kappa shape index (κ2) is 6.02. The number of carboxylic acid groups (broad SMARTS) is 1. The minimum absolute atomic E-state index is 0.206. The molecule has 0 saturated heterocycles. The largest absolute Gasteiger partial charge is 0.481 e. The molecule has 2 aromatic rings. The molecule has 1 heterocycles. The Labute approximate surface area is 146 Å². The summed E-state index contributed by atoms with van der Waals surface area (Å²) in [6, 6.07) is 9.73. The molecule has 0 bridgehead atoms. The molecule has 1 aromatic heterocycles. The van der Waals surface area contributed by atoms with Gasteiger partial charge in [-0.2, -0.15) is 5.10 Å². The Bertz CT molecular complexity index is 809. The van der Waals surface area contributed by atoms with E-state index in [4.69, 9.17) is 0 Å². The van der Waals surface area contributed by atoms with Gasteiger partial charge in [-0.25, -0.2) is 0 Å². The Morgan fingerprint density at radius 2 is 1.84 bits per heavy atom. The summed E-state index contributed by atoms with van der Waals surface area (Å²) in [7, 11) is 0. The van der Waals surface area contributed by atoms with Crippen molar-refractivity contribution >= 4 is 17.7 Å². The number of rotatable bonds is 5. The number of H-pyrrole nitrogens is 1. The van der Waals surface area contributed by atoms with E-state index in [1.54, 1.807) is 13.8 Å². The predicted octanol–water partition coefficient (Wildman–Crippen LogP) is 3.50. The van der Waals surface area contributed by atoms with Crippen molar-refractivity contribution < 1.29 is 14.7 Å². The van der Waals surface area contributed by atoms with Gasteiger partial charge < -0.3 is 10.4 Å². The van der Waals surface area contributed by atoms with Gasteiger partial charge in [-0.1, -0.05) is 58.0 Å². The first-order valence-corrected chi connectivity index (χ1v) is 8.42. The molecule has 1 amide bonds. The topological polar surface area (TPSA) is 95.1 Å². The van der Waals surface area contributed by atoms with E-state index in [0.29, 0.717) is 5.82 Å². The van der Waals surface area contributed by atoms with E-state index in [1.807, 2.05) is 30.3 Å². The molecule has 6 nitrogen and oxygen atoms in total. The van der Waals surface area contributed by atoms with Gasteiger partial charge in [0.1, 0.15) is 0 Å². The number of aliphatic carboxylic acids is 1. The third kappa shape index (κ3) is 2.92. The zero-order valence-electron chi connectivity index (χ0n) is 14.8. The van der Waals surface area contributed by atoms with Gasteiger partial charge in [-0.05, 0) is 16.9 Å². The molecule has 1 aromatic carbocycles. The Balaban J connectivity index is 1.92. The van der Waals surface area contributed by atoms with E-state index >= 15 is 0 Å². The number of carbonyl (C=O) groups excluding carboxylic acids is 1. The predicted molar refractivity (Wildman–Crippen MR) is 95.1 cm³/mol. The molecule has 1 saturated carbocycles. The summed E-state index contributed by atoms with van der Waals surface area (Å²) < 4.78 is 0. The fraction of sp³-hybridized carbons (Fsp3) is 0.421. The summed E-state index contributed by atoms with van der Waals surface area (Å²) in [5, 5.41) is 19.4. The monoisotopic (exact) mass is 341 g/mol. The van der Waals surface area contributed by atoms with Gasteiger partial charge in [0.05, 0.1) is 11.8 Å². The molecular weight excluding hydrogens is 318 g/mol. The van der Waals surface area contributed by atoms with E-state index in [1.165, 1.54) is 0 Å². The van der Waals surface area contributed by atoms with Crippen LogP contribution in [0.3, 0.4) is 0 Å². The van der Waals surface area contributed by atoms with Crippen molar-refractivity contribution in [1.82, 2.24) is 10.2 Å². The van der Waals surface area contributed by atoms with Crippen LogP contribution in [-0.4, -0.2) is 27.2 Å². The van der Waals surface area contributed by atoms with Crippen LogP contribution < -0.4 is 5.32 Å². The van der Waals surface area contributed by atoms with E-state index in [2.05, 4.69) is 29.4 Å². The molecule has 1 fully saturated rings. The summed E-state index contributed by atoms with van der Waals surface area (Å²) in [4.78, 5) is 24.0. The van der Waals surface area contributed by atoms with Crippen LogP contribution in [0.2, 0.25) is 0 Å². The van der Waals surface area contributed by atoms with Crippen molar-refractivity contribution in [3.63, 3.8) is 0 Å². The minimum Gasteiger partial charge on any atom is -0.481 e. The fourth-order valence-electron chi connectivity index (χ4n) is 3.54. The number of aromatic amines is 1. The van der Waals surface area contributed by atoms with Crippen molar-refractivity contribution in [2.45, 2.75) is 33.6 Å². The van der Waals surface area contributed by atoms with Gasteiger partial charge in [-0.15, -0.1) is 0 Å². The van der Waals surface area contributed by atoms with Crippen LogP contribution in [0, 0.1) is 17.3 Å². The Morgan fingerprint density at radius 3 is 2.36 bits per heavy atom. The molecular formula is C19H23N3O3. The van der Waals surface area contributed by atoms with Crippen molar-refractivity contribution in [3.05, 3.63) is 36.0 Å². The Hall–Kier alpha value is -2.63. The minimum atomic E-state index is -0.932. The van der Waals surface area contributed by atoms with E-state index in [-0.39, 0.29) is 11.8 Å². The van der Waals surface area contributed by atoms with Gasteiger partial charge in [0.25, 0.3) is 0 Å². The number of hydrogen-bond donors (Lipinski definition) is 3. The van der Waals surface area contributed by atoms with Crippen molar-refractivity contribution in [1.29, 1.82) is 0 Å². The second-order valence-corrected chi connectivity index (χ2v) is 7.49. The van der Waals surface area contributed by atoms with Crippen LogP contribution in [0.1, 0.15) is 39.3 Å². The van der Waals surface area contributed by atoms with Gasteiger partial charge in [0.2, 0.25) is 5.91 Å². The van der Waals surface area contributed by atoms with E-state index < -0.39 is 23.2 Å². The molecule has 0 radical (unpaired) electrons. The summed E-state index contributed by atoms with van der Waals surface area (Å²) in [6.45, 7) is 7.71. The normalized spacial score (nSPS) is 21.2. The first-order valence-electron chi connectivity index (χ1n) is 8.42. The fourth-order valence-corrected chi connectivity index (χ4v) is 3.54. The Morgan fingerprint density at radius 1 is 1.20 bits per heavy atom. The highest BCUT2D eigenvalue weighted by Gasteiger charge is 2.66. The molecule has 25 heavy (non-hydrogen) atoms. The van der Waals surface area contributed by atoms with Crippen LogP contribution in [0.4, 0.5) is 5.82 Å². The molecule has 6 heteroatoms. The molecule has 0 aliphatic heterocycles. The van der Waals surface area contributed by atoms with E-state index in [9.17, 15) is 14.7 Å². The third-order valence-corrected chi connectivity index (χ3v) is 5.05. The summed E-state index contributed by atoms with van der Waals surface area (Å²) in [5.41, 5.74) is 2.21. The number of anilines is 1. The van der Waals surface area contributed by atoms with Crippen LogP contribution >= 0.6 is 0 Å². The van der Waals surface area contributed by atoms with Crippen LogP contribution in [0.15, 0.2) is 30.3 Å². The smallest absolute Gasteiger partial charge is 0.307 e. The standard InChI is InChI=1S/C19H23N3O3/c1-10(2)15-12(11-8-6-5-7-9-11)16(22-21-15)20-17(23)13-14(18(24)25)19(13,3)4/h5-10,13-14H,1-4H3,(H,24,25)(H2,20,21,22,23)/t13-,14+/m0/s1. The van der Waals surface area contributed by atoms with Crippen LogP contribution in [0.5, 0.6) is 0 Å². The maximum absolute atomic E-state index is 12.6. The average molecular weight is 341 g/mol. The van der Waals surface area contributed by atoms with Gasteiger partial charge >= 0.3 is 5.97 Å². The number of benzene rings is 1. The summed E-state index contributed by atoms with van der Waals surface area (Å²) in [6.07, 6.45) is 0. The molecule has 2 atom stereocenters. The lowest BCUT2D eigenvalue weighted by Crippen LogP contribution is -2.18. The molecule has 3 rings (SSSR count). The molecule has 0 unspecified atom stereocenters. The van der Waals surface area contributed by atoms with Gasteiger partial charge in [0.15, 0.2) is 5.82 Å². The van der Waals surface area contributed by atoms with Crippen LogP contribution in [0.25, 0.3) is 11.1 Å². The van der Waals surface area contributed by atoms with Gasteiger partial charge in [0, 0.05) is 11.3 Å². The highest BCUT2D eigenvalue weighted by atomic mass is 16.4. The van der Waals surface area contributed by atoms with Crippen molar-refractivity contribution in [3.8, 4) is 11.1 Å². The first kappa shape index (κ1) is 17.2. The highest BCUT2D eigenvalue weighted by molar-refractivity contribution is 6.01. The lowest BCUT2D eigenvalue weighted by Gasteiger charge is -2.10. The van der Waals surface area contributed by atoms with E-state index in [0.717, 1.165) is 16.8 Å². The second-order valence-electron chi connectivity index (χ2n) is 7.49. The zero-order chi connectivity index (χ0) is 18.4. The molecule has 0 spiro atoms. The number of nitrogens with one attached hydrogen (secondary N) is 2. The van der Waals surface area contributed by atoms with Crippen molar-refractivity contribution in [2.24, 2.45) is 17.3 Å². The number of nitrogens with zero attached hydrogens (tertiary/aromatic N) is 1. The highest BCUT2D eigenvalue weighted by Crippen LogP contribution is 2.58. The number of amides is 1. The number of carboxylic acids is 1. The lowest BCUT2D eigenvalue weighted by molar-refractivity contribution is -0.140. The molecule has 132 valence electrons. The Kier molecular flexibility index (Phi) is 4.14. The van der Waals surface area contributed by atoms with Crippen molar-refractivity contribution in [2.75, 3.05) is 5.32 Å². The quantitative estimate of drug-likeness (QED) is 0.776. The SMILES string of the molecule is CC(C)c1[nH]nc(NC(=O)[C@@H]2[C@H](C(=O)O)C2(C)C)c1-c1ccccc1. The summed E-state index contributed by atoms with van der Waals surface area (Å²) in [5.74, 6) is -1.78. The molecule has 3 N–H and O–H groups in total. The number of carbonyl (C=O) groups is 2. The number of hydrogen-bond acceptors (Lipinski definition) is 3. The number of aromatic nitrogens is 2. The maximum atomic E-state index is 12.6. The zero-order valence-corrected chi connectivity index (χ0v) is 14.8. The molecule has 1 aliphatic rings. The molecule has 1 aliphatic carbocycles. The third-order valence-electron chi connectivity index (χ3n) is 5.05. The van der Waals surface area contributed by atoms with Gasteiger partial charge in [-0.3, -0.25) is 14.7 Å².